The van der Waals surface area contributed by atoms with Crippen LogP contribution in [0.15, 0.2) is 24.5 Å². The van der Waals surface area contributed by atoms with Gasteiger partial charge in [-0.1, -0.05) is 0 Å². The summed E-state index contributed by atoms with van der Waals surface area (Å²) in [4.78, 5) is 17.1. The van der Waals surface area contributed by atoms with Crippen LogP contribution in [0.1, 0.15) is 17.7 Å². The van der Waals surface area contributed by atoms with Gasteiger partial charge in [-0.05, 0) is 31.5 Å². The summed E-state index contributed by atoms with van der Waals surface area (Å²) in [7, 11) is 1.93. The van der Waals surface area contributed by atoms with Crippen LogP contribution in [0.5, 0.6) is 0 Å². The van der Waals surface area contributed by atoms with Crippen molar-refractivity contribution in [3.63, 3.8) is 0 Å². The first kappa shape index (κ1) is 17.1. The molecule has 0 radical (unpaired) electrons. The van der Waals surface area contributed by atoms with Crippen LogP contribution in [0.25, 0.3) is 10.4 Å². The molecule has 130 valence electrons. The largest absolute Gasteiger partial charge is 0.355 e. The lowest BCUT2D eigenvalue weighted by Crippen LogP contribution is -2.43. The topological polar surface area (TPSA) is 76.2 Å². The molecule has 6 nitrogen and oxygen atoms in total. The molecule has 1 aliphatic heterocycles. The number of aromatic nitrogens is 2. The van der Waals surface area contributed by atoms with Crippen LogP contribution in [0, 0.1) is 5.92 Å². The molecule has 3 N–H and O–H groups in total. The van der Waals surface area contributed by atoms with Gasteiger partial charge in [-0.25, -0.2) is 0 Å². The van der Waals surface area contributed by atoms with Gasteiger partial charge in [0.05, 0.1) is 12.1 Å². The highest BCUT2D eigenvalue weighted by atomic mass is 32.1. The maximum absolute atomic E-state index is 12.1. The SMILES string of the molecule is Cn1cc(-c2ccc(CN3CCCC(C(=O)NCCN)C3)s2)cn1. The molecule has 2 aromatic heterocycles. The highest BCUT2D eigenvalue weighted by molar-refractivity contribution is 7.15. The van der Waals surface area contributed by atoms with Crippen molar-refractivity contribution in [3.05, 3.63) is 29.4 Å². The van der Waals surface area contributed by atoms with Gasteiger partial charge in [0, 0.05) is 54.7 Å². The summed E-state index contributed by atoms with van der Waals surface area (Å²) in [6.45, 7) is 3.85. The lowest BCUT2D eigenvalue weighted by molar-refractivity contribution is -0.126. The minimum absolute atomic E-state index is 0.0862. The predicted molar refractivity (Wildman–Crippen MR) is 96.6 cm³/mol. The molecule has 24 heavy (non-hydrogen) atoms. The van der Waals surface area contributed by atoms with Gasteiger partial charge < -0.3 is 11.1 Å². The Balaban J connectivity index is 1.57. The van der Waals surface area contributed by atoms with Gasteiger partial charge in [0.2, 0.25) is 5.91 Å². The average Bonchev–Trinajstić information content (AvgIpc) is 3.22. The maximum Gasteiger partial charge on any atom is 0.224 e. The number of piperidine rings is 1. The number of hydrogen-bond acceptors (Lipinski definition) is 5. The molecule has 1 aliphatic rings. The minimum atomic E-state index is 0.0862. The monoisotopic (exact) mass is 347 g/mol. The van der Waals surface area contributed by atoms with Gasteiger partial charge in [-0.15, -0.1) is 11.3 Å². The zero-order valence-corrected chi connectivity index (χ0v) is 14.9. The second-order valence-corrected chi connectivity index (χ2v) is 7.49. The van der Waals surface area contributed by atoms with E-state index in [0.717, 1.165) is 38.0 Å². The number of amides is 1. The van der Waals surface area contributed by atoms with Gasteiger partial charge in [-0.3, -0.25) is 14.4 Å². The number of carbonyl (C=O) groups is 1. The molecular formula is C17H25N5OS. The molecule has 0 spiro atoms. The number of rotatable bonds is 6. The van der Waals surface area contributed by atoms with E-state index in [9.17, 15) is 4.79 Å². The molecule has 1 unspecified atom stereocenters. The summed E-state index contributed by atoms with van der Waals surface area (Å²) < 4.78 is 1.82. The van der Waals surface area contributed by atoms with Crippen LogP contribution in [0.3, 0.4) is 0 Å². The Morgan fingerprint density at radius 3 is 3.12 bits per heavy atom. The summed E-state index contributed by atoms with van der Waals surface area (Å²) in [5.74, 6) is 0.232. The Bertz CT molecular complexity index is 680. The summed E-state index contributed by atoms with van der Waals surface area (Å²) in [6.07, 6.45) is 5.97. The molecule has 0 aliphatic carbocycles. The molecule has 1 saturated heterocycles. The number of aryl methyl sites for hydroxylation is 1. The Hall–Kier alpha value is -1.70. The first-order valence-electron chi connectivity index (χ1n) is 8.43. The summed E-state index contributed by atoms with van der Waals surface area (Å²) in [5, 5.41) is 7.15. The van der Waals surface area contributed by atoms with Crippen LogP contribution in [0.4, 0.5) is 0 Å². The van der Waals surface area contributed by atoms with Crippen LogP contribution < -0.4 is 11.1 Å². The molecule has 3 rings (SSSR count). The molecular weight excluding hydrogens is 322 g/mol. The number of nitrogens with two attached hydrogens (primary N) is 1. The molecule has 0 bridgehead atoms. The van der Waals surface area contributed by atoms with Crippen LogP contribution in [-0.2, 0) is 18.4 Å². The molecule has 2 aromatic rings. The molecule has 1 fully saturated rings. The van der Waals surface area contributed by atoms with Crippen molar-refractivity contribution in [1.82, 2.24) is 20.0 Å². The first-order chi connectivity index (χ1) is 11.7. The normalized spacial score (nSPS) is 18.7. The van der Waals surface area contributed by atoms with Crippen molar-refractivity contribution in [1.29, 1.82) is 0 Å². The van der Waals surface area contributed by atoms with Crippen molar-refractivity contribution >= 4 is 17.2 Å². The highest BCUT2D eigenvalue weighted by Gasteiger charge is 2.25. The minimum Gasteiger partial charge on any atom is -0.355 e. The van der Waals surface area contributed by atoms with E-state index in [1.807, 2.05) is 24.1 Å². The Labute approximate surface area is 146 Å². The number of carbonyl (C=O) groups excluding carboxylic acids is 1. The molecule has 1 amide bonds. The van der Waals surface area contributed by atoms with Crippen molar-refractivity contribution < 1.29 is 4.79 Å². The predicted octanol–water partition coefficient (Wildman–Crippen LogP) is 1.44. The van der Waals surface area contributed by atoms with Crippen LogP contribution in [0.2, 0.25) is 0 Å². The lowest BCUT2D eigenvalue weighted by Gasteiger charge is -2.31. The number of likely N-dealkylation sites (tertiary alicyclic amines) is 1. The van der Waals surface area contributed by atoms with E-state index in [1.54, 1.807) is 11.3 Å². The third-order valence-electron chi connectivity index (χ3n) is 4.35. The van der Waals surface area contributed by atoms with Gasteiger partial charge in [-0.2, -0.15) is 5.10 Å². The van der Waals surface area contributed by atoms with Crippen molar-refractivity contribution in [2.45, 2.75) is 19.4 Å². The van der Waals surface area contributed by atoms with E-state index in [4.69, 9.17) is 5.73 Å². The average molecular weight is 347 g/mol. The second kappa shape index (κ2) is 7.92. The number of hydrogen-bond donors (Lipinski definition) is 2. The second-order valence-electron chi connectivity index (χ2n) is 6.32. The number of nitrogens with one attached hydrogen (secondary N) is 1. The standard InChI is InChI=1S/C17H25N5OS/c1-21-10-14(9-20-21)16-5-4-15(24-16)12-22-8-2-3-13(11-22)17(23)19-7-6-18/h4-5,9-10,13H,2-3,6-8,11-12,18H2,1H3,(H,19,23). The highest BCUT2D eigenvalue weighted by Crippen LogP contribution is 2.29. The maximum atomic E-state index is 12.1. The van der Waals surface area contributed by atoms with Gasteiger partial charge >= 0.3 is 0 Å². The van der Waals surface area contributed by atoms with E-state index < -0.39 is 0 Å². The van der Waals surface area contributed by atoms with Crippen molar-refractivity contribution in [2.24, 2.45) is 18.7 Å². The third kappa shape index (κ3) is 4.23. The third-order valence-corrected chi connectivity index (χ3v) is 5.47. The molecule has 0 saturated carbocycles. The molecule has 1 atom stereocenters. The first-order valence-corrected chi connectivity index (χ1v) is 9.25. The van der Waals surface area contributed by atoms with E-state index in [1.165, 1.54) is 9.75 Å². The molecule has 3 heterocycles. The lowest BCUT2D eigenvalue weighted by atomic mass is 9.97. The van der Waals surface area contributed by atoms with Gasteiger partial charge in [0.1, 0.15) is 0 Å². The fourth-order valence-corrected chi connectivity index (χ4v) is 4.16. The van der Waals surface area contributed by atoms with Crippen LogP contribution in [-0.4, -0.2) is 46.8 Å². The molecule has 0 aromatic carbocycles. The van der Waals surface area contributed by atoms with Crippen LogP contribution >= 0.6 is 11.3 Å². The Kier molecular flexibility index (Phi) is 5.65. The molecule has 7 heteroatoms. The fourth-order valence-electron chi connectivity index (χ4n) is 3.14. The number of thiophene rings is 1. The summed E-state index contributed by atoms with van der Waals surface area (Å²) >= 11 is 1.80. The quantitative estimate of drug-likeness (QED) is 0.829. The number of nitrogens with zero attached hydrogens (tertiary/aromatic N) is 3. The Morgan fingerprint density at radius 1 is 1.50 bits per heavy atom. The smallest absolute Gasteiger partial charge is 0.224 e. The Morgan fingerprint density at radius 2 is 2.38 bits per heavy atom. The zero-order valence-electron chi connectivity index (χ0n) is 14.1. The van der Waals surface area contributed by atoms with Gasteiger partial charge in [0.25, 0.3) is 0 Å². The zero-order chi connectivity index (χ0) is 16.9. The van der Waals surface area contributed by atoms with Crippen molar-refractivity contribution in [2.75, 3.05) is 26.2 Å². The fraction of sp³-hybridized carbons (Fsp3) is 0.529. The summed E-state index contributed by atoms with van der Waals surface area (Å²) in [6, 6.07) is 4.34. The van der Waals surface area contributed by atoms with Gasteiger partial charge in [0.15, 0.2) is 0 Å². The van der Waals surface area contributed by atoms with E-state index >= 15 is 0 Å². The van der Waals surface area contributed by atoms with E-state index in [2.05, 4.69) is 27.4 Å². The summed E-state index contributed by atoms with van der Waals surface area (Å²) in [5.41, 5.74) is 6.62. The van der Waals surface area contributed by atoms with E-state index in [0.29, 0.717) is 13.1 Å². The van der Waals surface area contributed by atoms with E-state index in [-0.39, 0.29) is 11.8 Å². The van der Waals surface area contributed by atoms with Crippen molar-refractivity contribution in [3.8, 4) is 10.4 Å².